The summed E-state index contributed by atoms with van der Waals surface area (Å²) in [7, 11) is 0. The minimum atomic E-state index is -0.487. The molecule has 5 nitrogen and oxygen atoms in total. The zero-order chi connectivity index (χ0) is 19.8. The van der Waals surface area contributed by atoms with Gasteiger partial charge in [-0.25, -0.2) is 4.98 Å². The van der Waals surface area contributed by atoms with E-state index in [9.17, 15) is 4.39 Å². The maximum absolute atomic E-state index is 13.0. The average molecular weight is 387 g/mol. The molecule has 0 spiro atoms. The lowest BCUT2D eigenvalue weighted by atomic mass is 10.1. The summed E-state index contributed by atoms with van der Waals surface area (Å²) in [5.74, 6) is 2.21. The molecule has 1 unspecified atom stereocenters. The Balaban J connectivity index is 1.62. The molecule has 1 aliphatic rings. The van der Waals surface area contributed by atoms with Crippen LogP contribution in [-0.4, -0.2) is 31.2 Å². The molecule has 0 amide bonds. The van der Waals surface area contributed by atoms with E-state index in [1.807, 2.05) is 12.1 Å². The molecule has 1 atom stereocenters. The maximum atomic E-state index is 13.0. The third-order valence-electron chi connectivity index (χ3n) is 4.64. The van der Waals surface area contributed by atoms with Gasteiger partial charge in [-0.1, -0.05) is 13.8 Å². The van der Waals surface area contributed by atoms with E-state index in [2.05, 4.69) is 35.5 Å². The Hall–Kier alpha value is -2.18. The van der Waals surface area contributed by atoms with E-state index in [0.717, 1.165) is 48.8 Å². The summed E-state index contributed by atoms with van der Waals surface area (Å²) >= 11 is 0. The highest BCUT2D eigenvalue weighted by atomic mass is 19.1. The summed E-state index contributed by atoms with van der Waals surface area (Å²) in [4.78, 5) is 3.67. The number of nitrogens with one attached hydrogen (secondary N) is 2. The van der Waals surface area contributed by atoms with Gasteiger partial charge in [-0.05, 0) is 67.7 Å². The Morgan fingerprint density at radius 2 is 2.00 bits per heavy atom. The van der Waals surface area contributed by atoms with Crippen molar-refractivity contribution < 1.29 is 13.9 Å². The topological polar surface area (TPSA) is 55.4 Å². The molecule has 0 saturated carbocycles. The highest BCUT2D eigenvalue weighted by molar-refractivity contribution is 5.38. The lowest BCUT2D eigenvalue weighted by Gasteiger charge is -2.15. The molecule has 0 bridgehead atoms. The molecule has 0 radical (unpaired) electrons. The zero-order valence-electron chi connectivity index (χ0n) is 16.7. The quantitative estimate of drug-likeness (QED) is 0.611. The molecule has 6 heteroatoms. The van der Waals surface area contributed by atoms with Crippen LogP contribution >= 0.6 is 0 Å². The Bertz CT molecular complexity index is 731. The predicted molar refractivity (Wildman–Crippen MR) is 108 cm³/mol. The first-order valence-electron chi connectivity index (χ1n) is 10.00. The van der Waals surface area contributed by atoms with Gasteiger partial charge < -0.3 is 20.1 Å². The molecule has 0 aliphatic carbocycles. The second-order valence-corrected chi connectivity index (χ2v) is 7.79. The van der Waals surface area contributed by atoms with E-state index in [-0.39, 0.29) is 0 Å². The van der Waals surface area contributed by atoms with Gasteiger partial charge in [0.1, 0.15) is 18.1 Å². The van der Waals surface area contributed by atoms with Crippen molar-refractivity contribution in [2.24, 2.45) is 11.8 Å². The Morgan fingerprint density at radius 1 is 1.18 bits per heavy atom. The maximum Gasteiger partial charge on any atom is 0.212 e. The molecule has 1 aromatic carbocycles. The van der Waals surface area contributed by atoms with E-state index in [4.69, 9.17) is 9.47 Å². The van der Waals surface area contributed by atoms with Crippen LogP contribution < -0.4 is 20.1 Å². The van der Waals surface area contributed by atoms with Crippen LogP contribution in [0.25, 0.3) is 0 Å². The van der Waals surface area contributed by atoms with Gasteiger partial charge >= 0.3 is 0 Å². The minimum Gasteiger partial charge on any atom is -0.493 e. The zero-order valence-corrected chi connectivity index (χ0v) is 16.7. The number of rotatable bonds is 10. The molecule has 1 saturated heterocycles. The van der Waals surface area contributed by atoms with Crippen molar-refractivity contribution in [3.8, 4) is 11.5 Å². The fourth-order valence-corrected chi connectivity index (χ4v) is 3.13. The van der Waals surface area contributed by atoms with Crippen molar-refractivity contribution >= 4 is 0 Å². The first kappa shape index (κ1) is 20.6. The number of hydrogen-bond acceptors (Lipinski definition) is 5. The summed E-state index contributed by atoms with van der Waals surface area (Å²) in [6, 6.07) is 9.02. The van der Waals surface area contributed by atoms with Crippen LogP contribution in [0.4, 0.5) is 4.39 Å². The van der Waals surface area contributed by atoms with Gasteiger partial charge in [-0.2, -0.15) is 4.39 Å². The van der Waals surface area contributed by atoms with E-state index in [1.54, 1.807) is 6.07 Å². The van der Waals surface area contributed by atoms with Crippen LogP contribution in [0.15, 0.2) is 36.5 Å². The predicted octanol–water partition coefficient (Wildman–Crippen LogP) is 3.53. The van der Waals surface area contributed by atoms with Crippen molar-refractivity contribution in [1.82, 2.24) is 15.6 Å². The van der Waals surface area contributed by atoms with Crippen molar-refractivity contribution in [3.63, 3.8) is 0 Å². The first-order valence-corrected chi connectivity index (χ1v) is 10.00. The number of benzene rings is 1. The Morgan fingerprint density at radius 3 is 2.68 bits per heavy atom. The number of pyridine rings is 1. The number of halogens is 1. The Labute approximate surface area is 166 Å². The minimum absolute atomic E-state index is 0.335. The molecule has 2 heterocycles. The van der Waals surface area contributed by atoms with Gasteiger partial charge in [0.25, 0.3) is 0 Å². The average Bonchev–Trinajstić information content (AvgIpc) is 3.19. The van der Waals surface area contributed by atoms with E-state index >= 15 is 0 Å². The van der Waals surface area contributed by atoms with Gasteiger partial charge in [-0.15, -0.1) is 0 Å². The lowest BCUT2D eigenvalue weighted by Crippen LogP contribution is -2.24. The standard InChI is InChI=1S/C22H30FN3O2/c1-16(2)14-27-20-7-19(12-25-11-17-5-6-24-10-17)8-21(9-20)28-15-18-3-4-22(23)26-13-18/h3-4,7-9,13,16-17,24-25H,5-6,10-12,14-15H2,1-2H3. The largest absolute Gasteiger partial charge is 0.493 e. The van der Waals surface area contributed by atoms with E-state index in [0.29, 0.717) is 25.0 Å². The van der Waals surface area contributed by atoms with Crippen LogP contribution in [0.1, 0.15) is 31.4 Å². The molecule has 1 aliphatic heterocycles. The van der Waals surface area contributed by atoms with Crippen LogP contribution in [0.5, 0.6) is 11.5 Å². The second-order valence-electron chi connectivity index (χ2n) is 7.79. The summed E-state index contributed by atoms with van der Waals surface area (Å²) in [5.41, 5.74) is 1.95. The summed E-state index contributed by atoms with van der Waals surface area (Å²) in [6.45, 7) is 9.21. The molecule has 1 fully saturated rings. The summed E-state index contributed by atoms with van der Waals surface area (Å²) in [5, 5.41) is 6.93. The highest BCUT2D eigenvalue weighted by Crippen LogP contribution is 2.24. The number of ether oxygens (including phenoxy) is 2. The van der Waals surface area contributed by atoms with Gasteiger partial charge in [0.2, 0.25) is 5.95 Å². The second kappa shape index (κ2) is 10.4. The number of nitrogens with zero attached hydrogens (tertiary/aromatic N) is 1. The fraction of sp³-hybridized carbons (Fsp3) is 0.500. The van der Waals surface area contributed by atoms with Gasteiger partial charge in [0.05, 0.1) is 6.61 Å². The molecule has 1 aromatic heterocycles. The van der Waals surface area contributed by atoms with Crippen LogP contribution in [0.3, 0.4) is 0 Å². The SMILES string of the molecule is CC(C)COc1cc(CNCC2CCNC2)cc(OCc2ccc(F)nc2)c1. The number of aromatic nitrogens is 1. The monoisotopic (exact) mass is 387 g/mol. The first-order chi connectivity index (χ1) is 13.6. The molecule has 2 N–H and O–H groups in total. The molecular formula is C22H30FN3O2. The van der Waals surface area contributed by atoms with Crippen LogP contribution in [0.2, 0.25) is 0 Å². The summed E-state index contributed by atoms with van der Waals surface area (Å²) < 4.78 is 24.8. The third kappa shape index (κ3) is 6.77. The number of hydrogen-bond donors (Lipinski definition) is 2. The molecule has 3 rings (SSSR count). The van der Waals surface area contributed by atoms with Crippen molar-refractivity contribution in [3.05, 3.63) is 53.6 Å². The normalized spacial score (nSPS) is 16.5. The van der Waals surface area contributed by atoms with Gasteiger partial charge in [-0.3, -0.25) is 0 Å². The molecule has 2 aromatic rings. The van der Waals surface area contributed by atoms with E-state index < -0.39 is 5.95 Å². The van der Waals surface area contributed by atoms with Gasteiger partial charge in [0.15, 0.2) is 0 Å². The van der Waals surface area contributed by atoms with Gasteiger partial charge in [0, 0.05) is 24.4 Å². The fourth-order valence-electron chi connectivity index (χ4n) is 3.13. The van der Waals surface area contributed by atoms with Crippen LogP contribution in [-0.2, 0) is 13.2 Å². The van der Waals surface area contributed by atoms with Crippen molar-refractivity contribution in [1.29, 1.82) is 0 Å². The molecule has 152 valence electrons. The van der Waals surface area contributed by atoms with E-state index in [1.165, 1.54) is 18.7 Å². The summed E-state index contributed by atoms with van der Waals surface area (Å²) in [6.07, 6.45) is 2.72. The van der Waals surface area contributed by atoms with Crippen molar-refractivity contribution in [2.45, 2.75) is 33.4 Å². The lowest BCUT2D eigenvalue weighted by molar-refractivity contribution is 0.265. The van der Waals surface area contributed by atoms with Crippen LogP contribution in [0, 0.1) is 17.8 Å². The third-order valence-corrected chi connectivity index (χ3v) is 4.64. The highest BCUT2D eigenvalue weighted by Gasteiger charge is 2.13. The van der Waals surface area contributed by atoms with Crippen molar-refractivity contribution in [2.75, 3.05) is 26.2 Å². The smallest absolute Gasteiger partial charge is 0.212 e. The molecule has 28 heavy (non-hydrogen) atoms. The molecular weight excluding hydrogens is 357 g/mol. The Kier molecular flexibility index (Phi) is 7.62.